The fraction of sp³-hybridized carbons (Fsp3) is 0.417. The van der Waals surface area contributed by atoms with Crippen LogP contribution in [0.3, 0.4) is 0 Å². The summed E-state index contributed by atoms with van der Waals surface area (Å²) in [4.78, 5) is 68.2. The van der Waals surface area contributed by atoms with Crippen molar-refractivity contribution in [2.24, 2.45) is 11.7 Å². The topological polar surface area (TPSA) is 217 Å². The Morgan fingerprint density at radius 1 is 0.919 bits per heavy atom. The second kappa shape index (κ2) is 13.7. The van der Waals surface area contributed by atoms with Crippen molar-refractivity contribution in [3.05, 3.63) is 54.1 Å². The van der Waals surface area contributed by atoms with Crippen LogP contribution in [0.1, 0.15) is 31.5 Å². The first-order valence-electron chi connectivity index (χ1n) is 11.6. The Morgan fingerprint density at radius 2 is 1.54 bits per heavy atom. The van der Waals surface area contributed by atoms with Crippen molar-refractivity contribution < 1.29 is 34.2 Å². The van der Waals surface area contributed by atoms with Crippen molar-refractivity contribution >= 4 is 29.7 Å². The summed E-state index contributed by atoms with van der Waals surface area (Å²) in [6.45, 7) is 3.14. The summed E-state index contributed by atoms with van der Waals surface area (Å²) in [5.41, 5.74) is 7.34. The van der Waals surface area contributed by atoms with E-state index in [1.165, 1.54) is 12.5 Å². The number of carbonyl (C=O) groups excluding carboxylic acids is 3. The number of nitrogens with zero attached hydrogens (tertiary/aromatic N) is 1. The van der Waals surface area contributed by atoms with Gasteiger partial charge in [0.2, 0.25) is 17.7 Å². The summed E-state index contributed by atoms with van der Waals surface area (Å²) in [6.07, 6.45) is 2.17. The van der Waals surface area contributed by atoms with Crippen LogP contribution in [0.25, 0.3) is 0 Å². The Morgan fingerprint density at radius 3 is 2.08 bits per heavy atom. The summed E-state index contributed by atoms with van der Waals surface area (Å²) < 4.78 is 0. The van der Waals surface area contributed by atoms with E-state index in [4.69, 9.17) is 5.73 Å². The molecule has 1 heterocycles. The number of imidazole rings is 1. The molecule has 0 aliphatic carbocycles. The van der Waals surface area contributed by atoms with E-state index in [1.54, 1.807) is 38.1 Å². The number of aromatic nitrogens is 2. The normalized spacial score (nSPS) is 14.2. The van der Waals surface area contributed by atoms with Crippen molar-refractivity contribution in [3.63, 3.8) is 0 Å². The molecule has 8 N–H and O–H groups in total. The predicted octanol–water partition coefficient (Wildman–Crippen LogP) is -0.808. The first-order valence-corrected chi connectivity index (χ1v) is 11.6. The molecule has 0 bridgehead atoms. The fourth-order valence-electron chi connectivity index (χ4n) is 3.49. The zero-order valence-electron chi connectivity index (χ0n) is 20.5. The average molecular weight is 517 g/mol. The number of aromatic amines is 1. The quantitative estimate of drug-likeness (QED) is 0.167. The van der Waals surface area contributed by atoms with E-state index in [-0.39, 0.29) is 12.8 Å². The van der Waals surface area contributed by atoms with E-state index in [9.17, 15) is 34.2 Å². The Bertz CT molecular complexity index is 1070. The van der Waals surface area contributed by atoms with Crippen LogP contribution in [0, 0.1) is 5.92 Å². The Balaban J connectivity index is 2.18. The molecule has 3 amide bonds. The van der Waals surface area contributed by atoms with E-state index in [2.05, 4.69) is 25.9 Å². The number of H-pyrrole nitrogens is 1. The number of amides is 3. The summed E-state index contributed by atoms with van der Waals surface area (Å²) >= 11 is 0. The van der Waals surface area contributed by atoms with Crippen LogP contribution < -0.4 is 21.7 Å². The molecule has 200 valence electrons. The molecule has 0 fully saturated rings. The number of aliphatic carboxylic acids is 2. The molecule has 4 unspecified atom stereocenters. The molecular formula is C24H32N6O7. The van der Waals surface area contributed by atoms with Crippen LogP contribution in [-0.2, 0) is 36.8 Å². The standard InChI is InChI=1S/C24H32N6O7/c1-13(2)20(24(36)37)30-23(35)18(10-19(31)32)29-22(34)17(9-15-11-26-12-27-15)28-21(33)16(25)8-14-6-4-3-5-7-14/h3-7,11-13,16-18,20H,8-10,25H2,1-2H3,(H,26,27)(H,28,33)(H,29,34)(H,30,35)(H,31,32)(H,36,37). The lowest BCUT2D eigenvalue weighted by atomic mass is 10.0. The molecule has 13 nitrogen and oxygen atoms in total. The largest absolute Gasteiger partial charge is 0.481 e. The number of carbonyl (C=O) groups is 5. The Kier molecular flexibility index (Phi) is 10.8. The molecule has 0 aliphatic rings. The monoisotopic (exact) mass is 516 g/mol. The number of nitrogens with one attached hydrogen (secondary N) is 4. The van der Waals surface area contributed by atoms with Gasteiger partial charge in [-0.2, -0.15) is 0 Å². The summed E-state index contributed by atoms with van der Waals surface area (Å²) in [5, 5.41) is 25.7. The molecule has 0 saturated carbocycles. The molecule has 37 heavy (non-hydrogen) atoms. The molecule has 2 aromatic rings. The molecule has 0 spiro atoms. The zero-order valence-corrected chi connectivity index (χ0v) is 20.5. The van der Waals surface area contributed by atoms with Gasteiger partial charge in [0.05, 0.1) is 18.8 Å². The lowest BCUT2D eigenvalue weighted by Crippen LogP contribution is -2.58. The smallest absolute Gasteiger partial charge is 0.326 e. The van der Waals surface area contributed by atoms with Gasteiger partial charge in [0.1, 0.15) is 18.1 Å². The Hall–Kier alpha value is -4.26. The summed E-state index contributed by atoms with van der Waals surface area (Å²) in [7, 11) is 0. The Labute approximate surface area is 213 Å². The van der Waals surface area contributed by atoms with Crippen molar-refractivity contribution in [2.45, 2.75) is 57.3 Å². The SMILES string of the molecule is CC(C)C(NC(=O)C(CC(=O)O)NC(=O)C(Cc1cnc[nH]1)NC(=O)C(N)Cc1ccccc1)C(=O)O. The van der Waals surface area contributed by atoms with Crippen LogP contribution in [0.5, 0.6) is 0 Å². The first kappa shape index (κ1) is 29.0. The maximum Gasteiger partial charge on any atom is 0.326 e. The summed E-state index contributed by atoms with van der Waals surface area (Å²) in [5.74, 6) is -5.66. The number of hydrogen-bond acceptors (Lipinski definition) is 7. The van der Waals surface area contributed by atoms with Crippen molar-refractivity contribution in [1.29, 1.82) is 0 Å². The van der Waals surface area contributed by atoms with E-state index >= 15 is 0 Å². The highest BCUT2D eigenvalue weighted by Gasteiger charge is 2.32. The third-order valence-electron chi connectivity index (χ3n) is 5.49. The fourth-order valence-corrected chi connectivity index (χ4v) is 3.49. The molecule has 1 aromatic heterocycles. The average Bonchev–Trinajstić information content (AvgIpc) is 3.34. The minimum absolute atomic E-state index is 0.0548. The van der Waals surface area contributed by atoms with Crippen LogP contribution in [0.4, 0.5) is 0 Å². The van der Waals surface area contributed by atoms with E-state index in [0.29, 0.717) is 5.69 Å². The van der Waals surface area contributed by atoms with E-state index in [0.717, 1.165) is 5.56 Å². The third-order valence-corrected chi connectivity index (χ3v) is 5.49. The van der Waals surface area contributed by atoms with Crippen molar-refractivity contribution in [3.8, 4) is 0 Å². The first-order chi connectivity index (χ1) is 17.5. The molecule has 1 aromatic carbocycles. The predicted molar refractivity (Wildman–Crippen MR) is 131 cm³/mol. The van der Waals surface area contributed by atoms with Gasteiger partial charge in [0.15, 0.2) is 0 Å². The zero-order chi connectivity index (χ0) is 27.5. The van der Waals surface area contributed by atoms with E-state index < -0.39 is 66.2 Å². The third kappa shape index (κ3) is 9.37. The maximum atomic E-state index is 13.1. The molecular weight excluding hydrogens is 484 g/mol. The second-order valence-electron chi connectivity index (χ2n) is 8.87. The van der Waals surface area contributed by atoms with Crippen LogP contribution in [-0.4, -0.2) is 74.0 Å². The molecule has 0 saturated heterocycles. The van der Waals surface area contributed by atoms with Gasteiger partial charge in [-0.3, -0.25) is 19.2 Å². The minimum Gasteiger partial charge on any atom is -0.481 e. The van der Waals surface area contributed by atoms with Gasteiger partial charge in [0, 0.05) is 18.3 Å². The lowest BCUT2D eigenvalue weighted by molar-refractivity contribution is -0.144. The maximum absolute atomic E-state index is 13.1. The lowest BCUT2D eigenvalue weighted by Gasteiger charge is -2.25. The van der Waals surface area contributed by atoms with Crippen molar-refractivity contribution in [1.82, 2.24) is 25.9 Å². The number of hydrogen-bond donors (Lipinski definition) is 7. The molecule has 13 heteroatoms. The number of rotatable bonds is 14. The minimum atomic E-state index is -1.59. The number of nitrogens with two attached hydrogens (primary N) is 1. The van der Waals surface area contributed by atoms with Crippen LogP contribution in [0.2, 0.25) is 0 Å². The van der Waals surface area contributed by atoms with Crippen LogP contribution in [0.15, 0.2) is 42.9 Å². The molecule has 4 atom stereocenters. The number of carboxylic acids is 2. The van der Waals surface area contributed by atoms with Crippen LogP contribution >= 0.6 is 0 Å². The summed E-state index contributed by atoms with van der Waals surface area (Å²) in [6, 6.07) is 3.92. The number of benzene rings is 1. The van der Waals surface area contributed by atoms with E-state index in [1.807, 2.05) is 6.07 Å². The molecule has 0 aliphatic heterocycles. The molecule has 2 rings (SSSR count). The van der Waals surface area contributed by atoms with Gasteiger partial charge in [-0.15, -0.1) is 0 Å². The van der Waals surface area contributed by atoms with Gasteiger partial charge in [-0.25, -0.2) is 9.78 Å². The van der Waals surface area contributed by atoms with Gasteiger partial charge in [-0.1, -0.05) is 44.2 Å². The van der Waals surface area contributed by atoms with Crippen molar-refractivity contribution in [2.75, 3.05) is 0 Å². The number of carboxylic acid groups (broad SMARTS) is 2. The second-order valence-corrected chi connectivity index (χ2v) is 8.87. The van der Waals surface area contributed by atoms with Gasteiger partial charge in [-0.05, 0) is 17.9 Å². The highest BCUT2D eigenvalue weighted by atomic mass is 16.4. The van der Waals surface area contributed by atoms with Gasteiger partial charge < -0.3 is 36.9 Å². The molecule has 0 radical (unpaired) electrons. The van der Waals surface area contributed by atoms with Gasteiger partial charge in [0.25, 0.3) is 0 Å². The highest BCUT2D eigenvalue weighted by Crippen LogP contribution is 2.07. The highest BCUT2D eigenvalue weighted by molar-refractivity contribution is 5.95. The van der Waals surface area contributed by atoms with Gasteiger partial charge >= 0.3 is 11.9 Å².